The van der Waals surface area contributed by atoms with E-state index in [2.05, 4.69) is 10.3 Å². The number of aryl methyl sites for hydroxylation is 1. The molecule has 1 aliphatic carbocycles. The summed E-state index contributed by atoms with van der Waals surface area (Å²) in [5, 5.41) is 4.69. The second-order valence-corrected chi connectivity index (χ2v) is 9.68. The Morgan fingerprint density at radius 3 is 2.81 bits per heavy atom. The molecule has 0 bridgehead atoms. The van der Waals surface area contributed by atoms with Gasteiger partial charge in [-0.05, 0) is 50.3 Å². The molecule has 168 valence electrons. The molecule has 2 heterocycles. The third-order valence-electron chi connectivity index (χ3n) is 5.52. The number of hydrogen-bond acceptors (Lipinski definition) is 7. The number of thiophene rings is 1. The molecule has 1 aliphatic rings. The van der Waals surface area contributed by atoms with E-state index in [-0.39, 0.29) is 17.9 Å². The second kappa shape index (κ2) is 9.87. The van der Waals surface area contributed by atoms with Crippen molar-refractivity contribution in [1.82, 2.24) is 9.55 Å². The molecule has 0 saturated carbocycles. The van der Waals surface area contributed by atoms with Crippen LogP contribution in [0, 0.1) is 0 Å². The average molecular weight is 472 g/mol. The zero-order valence-electron chi connectivity index (χ0n) is 18.1. The summed E-state index contributed by atoms with van der Waals surface area (Å²) >= 11 is 2.86. The molecule has 0 saturated heterocycles. The average Bonchev–Trinajstić information content (AvgIpc) is 3.16. The second-order valence-electron chi connectivity index (χ2n) is 7.51. The Morgan fingerprint density at radius 1 is 1.25 bits per heavy atom. The van der Waals surface area contributed by atoms with E-state index in [0.717, 1.165) is 36.1 Å². The van der Waals surface area contributed by atoms with Gasteiger partial charge < -0.3 is 10.1 Å². The highest BCUT2D eigenvalue weighted by molar-refractivity contribution is 7.99. The van der Waals surface area contributed by atoms with Crippen LogP contribution in [0.3, 0.4) is 0 Å². The van der Waals surface area contributed by atoms with Crippen molar-refractivity contribution >= 4 is 50.9 Å². The van der Waals surface area contributed by atoms with Gasteiger partial charge in [-0.2, -0.15) is 0 Å². The number of rotatable bonds is 7. The van der Waals surface area contributed by atoms with E-state index in [1.54, 1.807) is 10.6 Å². The van der Waals surface area contributed by atoms with Crippen molar-refractivity contribution in [3.05, 3.63) is 50.6 Å². The summed E-state index contributed by atoms with van der Waals surface area (Å²) in [6.45, 7) is 2.41. The number of fused-ring (bicyclic) bond motifs is 2. The molecule has 3 aromatic rings. The molecule has 1 aromatic carbocycles. The number of nitrogens with one attached hydrogen (secondary N) is 1. The zero-order valence-corrected chi connectivity index (χ0v) is 19.7. The number of benzene rings is 1. The Kier molecular flexibility index (Phi) is 6.95. The van der Waals surface area contributed by atoms with Gasteiger partial charge in [0.1, 0.15) is 5.00 Å². The fourth-order valence-corrected chi connectivity index (χ4v) is 6.23. The Labute approximate surface area is 194 Å². The highest BCUT2D eigenvalue weighted by atomic mass is 32.2. The maximum absolute atomic E-state index is 12.7. The predicted molar refractivity (Wildman–Crippen MR) is 128 cm³/mol. The third-order valence-corrected chi connectivity index (χ3v) is 7.70. The van der Waals surface area contributed by atoms with Gasteiger partial charge in [-0.3, -0.25) is 14.2 Å². The number of carbonyl (C=O) groups excluding carboxylic acids is 2. The topological polar surface area (TPSA) is 90.3 Å². The first-order chi connectivity index (χ1) is 15.5. The van der Waals surface area contributed by atoms with Gasteiger partial charge in [-0.1, -0.05) is 23.9 Å². The standard InChI is InChI=1S/C23H25N3O4S2/c1-3-26-21(28)14-8-4-6-10-16(14)24-23(26)31-13-12-18(27)25-20-19(22(29)30-2)15-9-5-7-11-17(15)32-20/h4,6,8,10H,3,5,7,9,11-13H2,1-2H3,(H,25,27). The summed E-state index contributed by atoms with van der Waals surface area (Å²) in [5.74, 6) is -0.108. The summed E-state index contributed by atoms with van der Waals surface area (Å²) in [6.07, 6.45) is 4.13. The van der Waals surface area contributed by atoms with Crippen LogP contribution in [0.1, 0.15) is 47.0 Å². The molecule has 0 fully saturated rings. The first kappa shape index (κ1) is 22.5. The minimum Gasteiger partial charge on any atom is -0.465 e. The van der Waals surface area contributed by atoms with Gasteiger partial charge in [0.05, 0.1) is 23.6 Å². The van der Waals surface area contributed by atoms with Crippen molar-refractivity contribution in [2.24, 2.45) is 0 Å². The van der Waals surface area contributed by atoms with Gasteiger partial charge in [-0.25, -0.2) is 9.78 Å². The van der Waals surface area contributed by atoms with Crippen molar-refractivity contribution in [2.45, 2.75) is 50.7 Å². The molecule has 1 amide bonds. The molecule has 0 aliphatic heterocycles. The monoisotopic (exact) mass is 471 g/mol. The number of nitrogens with zero attached hydrogens (tertiary/aromatic N) is 2. The molecular formula is C23H25N3O4S2. The Balaban J connectivity index is 1.46. The molecule has 32 heavy (non-hydrogen) atoms. The quantitative estimate of drug-likeness (QED) is 0.315. The molecular weight excluding hydrogens is 446 g/mol. The Bertz CT molecular complexity index is 1230. The molecule has 2 aromatic heterocycles. The SMILES string of the molecule is CCn1c(SCCC(=O)Nc2sc3c(c2C(=O)OC)CCCC3)nc2ccccc2c1=O. The summed E-state index contributed by atoms with van der Waals surface area (Å²) in [7, 11) is 1.36. The Hall–Kier alpha value is -2.65. The van der Waals surface area contributed by atoms with E-state index in [0.29, 0.717) is 38.9 Å². The van der Waals surface area contributed by atoms with Gasteiger partial charge in [0, 0.05) is 23.6 Å². The van der Waals surface area contributed by atoms with Crippen LogP contribution in [0.5, 0.6) is 0 Å². The van der Waals surface area contributed by atoms with Crippen molar-refractivity contribution in [3.8, 4) is 0 Å². The number of aromatic nitrogens is 2. The van der Waals surface area contributed by atoms with Gasteiger partial charge in [-0.15, -0.1) is 11.3 Å². The first-order valence-corrected chi connectivity index (χ1v) is 12.5. The number of amides is 1. The maximum Gasteiger partial charge on any atom is 0.341 e. The van der Waals surface area contributed by atoms with Gasteiger partial charge in [0.2, 0.25) is 5.91 Å². The summed E-state index contributed by atoms with van der Waals surface area (Å²) in [4.78, 5) is 43.5. The van der Waals surface area contributed by atoms with Gasteiger partial charge in [0.25, 0.3) is 5.56 Å². The van der Waals surface area contributed by atoms with E-state index >= 15 is 0 Å². The van der Waals surface area contributed by atoms with E-state index in [9.17, 15) is 14.4 Å². The lowest BCUT2D eigenvalue weighted by molar-refractivity contribution is -0.115. The van der Waals surface area contributed by atoms with Crippen LogP contribution in [0.15, 0.2) is 34.2 Å². The molecule has 0 unspecified atom stereocenters. The molecule has 0 radical (unpaired) electrons. The number of anilines is 1. The van der Waals surface area contributed by atoms with Crippen LogP contribution in [-0.2, 0) is 28.9 Å². The smallest absolute Gasteiger partial charge is 0.341 e. The van der Waals surface area contributed by atoms with Crippen LogP contribution in [-0.4, -0.2) is 34.3 Å². The fourth-order valence-electron chi connectivity index (χ4n) is 3.93. The number of para-hydroxylation sites is 1. The van der Waals surface area contributed by atoms with Crippen LogP contribution in [0.4, 0.5) is 5.00 Å². The van der Waals surface area contributed by atoms with E-state index in [4.69, 9.17) is 4.74 Å². The summed E-state index contributed by atoms with van der Waals surface area (Å²) in [5.41, 5.74) is 2.10. The van der Waals surface area contributed by atoms with Crippen molar-refractivity contribution in [2.75, 3.05) is 18.2 Å². The van der Waals surface area contributed by atoms with E-state index < -0.39 is 5.97 Å². The van der Waals surface area contributed by atoms with Crippen molar-refractivity contribution in [1.29, 1.82) is 0 Å². The number of thioether (sulfide) groups is 1. The largest absolute Gasteiger partial charge is 0.465 e. The van der Waals surface area contributed by atoms with Crippen LogP contribution >= 0.6 is 23.1 Å². The summed E-state index contributed by atoms with van der Waals surface area (Å²) < 4.78 is 6.60. The fraction of sp³-hybridized carbons (Fsp3) is 0.391. The number of methoxy groups -OCH3 is 1. The van der Waals surface area contributed by atoms with E-state index in [1.807, 2.05) is 25.1 Å². The maximum atomic E-state index is 12.7. The molecule has 1 N–H and O–H groups in total. The van der Waals surface area contributed by atoms with E-state index in [1.165, 1.54) is 30.2 Å². The van der Waals surface area contributed by atoms with Crippen LogP contribution < -0.4 is 10.9 Å². The lowest BCUT2D eigenvalue weighted by Gasteiger charge is -2.12. The number of ether oxygens (including phenoxy) is 1. The zero-order chi connectivity index (χ0) is 22.7. The molecule has 9 heteroatoms. The lowest BCUT2D eigenvalue weighted by Crippen LogP contribution is -2.22. The number of hydrogen-bond donors (Lipinski definition) is 1. The normalized spacial score (nSPS) is 13.1. The lowest BCUT2D eigenvalue weighted by atomic mass is 9.95. The predicted octanol–water partition coefficient (Wildman–Crippen LogP) is 4.26. The number of esters is 1. The highest BCUT2D eigenvalue weighted by Crippen LogP contribution is 2.38. The minimum absolute atomic E-state index is 0.0723. The third kappa shape index (κ3) is 4.45. The first-order valence-electron chi connectivity index (χ1n) is 10.7. The van der Waals surface area contributed by atoms with Crippen molar-refractivity contribution < 1.29 is 14.3 Å². The highest BCUT2D eigenvalue weighted by Gasteiger charge is 2.26. The van der Waals surface area contributed by atoms with Gasteiger partial charge >= 0.3 is 5.97 Å². The number of carbonyl (C=O) groups is 2. The van der Waals surface area contributed by atoms with Crippen LogP contribution in [0.25, 0.3) is 10.9 Å². The van der Waals surface area contributed by atoms with Crippen LogP contribution in [0.2, 0.25) is 0 Å². The van der Waals surface area contributed by atoms with Crippen molar-refractivity contribution in [3.63, 3.8) is 0 Å². The molecule has 4 rings (SSSR count). The molecule has 7 nitrogen and oxygen atoms in total. The molecule has 0 spiro atoms. The Morgan fingerprint density at radius 2 is 2.03 bits per heavy atom. The molecule has 0 atom stereocenters. The van der Waals surface area contributed by atoms with Gasteiger partial charge in [0.15, 0.2) is 5.16 Å². The minimum atomic E-state index is -0.401. The summed E-state index contributed by atoms with van der Waals surface area (Å²) in [6, 6.07) is 7.28.